The number of amides is 1. The zero-order valence-corrected chi connectivity index (χ0v) is 13.6. The highest BCUT2D eigenvalue weighted by Gasteiger charge is 2.13. The lowest BCUT2D eigenvalue weighted by atomic mass is 10.2. The average molecular weight is 320 g/mol. The van der Waals surface area contributed by atoms with E-state index in [1.165, 1.54) is 0 Å². The first-order valence-corrected chi connectivity index (χ1v) is 8.02. The van der Waals surface area contributed by atoms with Crippen LogP contribution in [0.2, 0.25) is 0 Å². The summed E-state index contributed by atoms with van der Waals surface area (Å²) in [6, 6.07) is 19.7. The van der Waals surface area contributed by atoms with Crippen LogP contribution in [0.4, 0.5) is 4.79 Å². The van der Waals surface area contributed by atoms with Crippen LogP contribution >= 0.6 is 0 Å². The zero-order valence-electron chi connectivity index (χ0n) is 13.6. The van der Waals surface area contributed by atoms with Gasteiger partial charge in [-0.25, -0.2) is 10.3 Å². The fourth-order valence-corrected chi connectivity index (χ4v) is 2.66. The van der Waals surface area contributed by atoms with Gasteiger partial charge in [-0.2, -0.15) is 0 Å². The lowest BCUT2D eigenvalue weighted by Crippen LogP contribution is -2.29. The van der Waals surface area contributed by atoms with Gasteiger partial charge in [0.05, 0.1) is 12.1 Å². The monoisotopic (exact) mass is 320 g/mol. The predicted molar refractivity (Wildman–Crippen MR) is 96.7 cm³/mol. The van der Waals surface area contributed by atoms with Crippen molar-refractivity contribution in [3.63, 3.8) is 0 Å². The Bertz CT molecular complexity index is 850. The number of hydrogen-bond donors (Lipinski definition) is 1. The molecule has 0 radical (unpaired) electrons. The van der Waals surface area contributed by atoms with Crippen LogP contribution < -0.4 is 5.48 Å². The van der Waals surface area contributed by atoms with Crippen LogP contribution in [-0.4, -0.2) is 17.2 Å². The minimum Gasteiger partial charge on any atom is -0.272 e. The Hall–Kier alpha value is -2.85. The molecule has 0 bridgehead atoms. The maximum atomic E-state index is 12.4. The molecule has 0 aliphatic rings. The second-order valence-electron chi connectivity index (χ2n) is 5.39. The number of hydrogen-bond acceptors (Lipinski definition) is 2. The van der Waals surface area contributed by atoms with Gasteiger partial charge in [-0.05, 0) is 24.6 Å². The average Bonchev–Trinajstić information content (AvgIpc) is 2.99. The SMILES string of the molecule is CCONC(=O)n1c(C/C=C/c2ccccc2)cc2ccccc21. The van der Waals surface area contributed by atoms with E-state index < -0.39 is 0 Å². The summed E-state index contributed by atoms with van der Waals surface area (Å²) in [5.74, 6) is 0. The molecule has 122 valence electrons. The predicted octanol–water partition coefficient (Wildman–Crippen LogP) is 4.41. The van der Waals surface area contributed by atoms with E-state index in [2.05, 4.69) is 17.6 Å². The van der Waals surface area contributed by atoms with Crippen LogP contribution in [0.25, 0.3) is 17.0 Å². The molecule has 24 heavy (non-hydrogen) atoms. The molecule has 2 aromatic carbocycles. The first-order chi connectivity index (χ1) is 11.8. The largest absolute Gasteiger partial charge is 0.350 e. The second kappa shape index (κ2) is 7.62. The van der Waals surface area contributed by atoms with Crippen molar-refractivity contribution in [3.05, 3.63) is 78.0 Å². The summed E-state index contributed by atoms with van der Waals surface area (Å²) < 4.78 is 1.67. The third-order valence-corrected chi connectivity index (χ3v) is 3.73. The molecule has 0 spiro atoms. The molecule has 4 nitrogen and oxygen atoms in total. The third kappa shape index (κ3) is 3.55. The van der Waals surface area contributed by atoms with Crippen molar-refractivity contribution >= 4 is 23.0 Å². The molecule has 0 saturated heterocycles. The normalized spacial score (nSPS) is 11.2. The van der Waals surface area contributed by atoms with E-state index in [0.717, 1.165) is 22.2 Å². The molecule has 3 rings (SSSR count). The molecule has 1 N–H and O–H groups in total. The van der Waals surface area contributed by atoms with E-state index >= 15 is 0 Å². The van der Waals surface area contributed by atoms with Crippen molar-refractivity contribution < 1.29 is 9.63 Å². The Morgan fingerprint density at radius 1 is 1.12 bits per heavy atom. The van der Waals surface area contributed by atoms with Crippen molar-refractivity contribution in [2.24, 2.45) is 0 Å². The number of hydroxylamine groups is 1. The molecule has 0 aliphatic heterocycles. The van der Waals surface area contributed by atoms with Crippen LogP contribution in [0.1, 0.15) is 18.2 Å². The number of nitrogens with zero attached hydrogens (tertiary/aromatic N) is 1. The van der Waals surface area contributed by atoms with Gasteiger partial charge in [0.15, 0.2) is 0 Å². The van der Waals surface area contributed by atoms with Gasteiger partial charge in [-0.3, -0.25) is 9.40 Å². The Labute approximate surface area is 141 Å². The lowest BCUT2D eigenvalue weighted by molar-refractivity contribution is 0.0714. The molecule has 1 amide bonds. The van der Waals surface area contributed by atoms with E-state index in [1.54, 1.807) is 4.57 Å². The van der Waals surface area contributed by atoms with Gasteiger partial charge in [-0.1, -0.05) is 60.7 Å². The van der Waals surface area contributed by atoms with E-state index in [1.807, 2.05) is 67.6 Å². The Balaban J connectivity index is 1.89. The first kappa shape index (κ1) is 16.0. The molecule has 3 aromatic rings. The van der Waals surface area contributed by atoms with E-state index in [4.69, 9.17) is 4.84 Å². The molecule has 0 aliphatic carbocycles. The lowest BCUT2D eigenvalue weighted by Gasteiger charge is -2.09. The van der Waals surface area contributed by atoms with Crippen LogP contribution in [0.3, 0.4) is 0 Å². The molecular formula is C20H20N2O2. The van der Waals surface area contributed by atoms with E-state index in [0.29, 0.717) is 13.0 Å². The quantitative estimate of drug-likeness (QED) is 0.708. The van der Waals surface area contributed by atoms with E-state index in [-0.39, 0.29) is 6.03 Å². The van der Waals surface area contributed by atoms with Gasteiger partial charge >= 0.3 is 6.03 Å². The summed E-state index contributed by atoms with van der Waals surface area (Å²) in [5, 5.41) is 1.03. The van der Waals surface area contributed by atoms with Crippen LogP contribution in [0.5, 0.6) is 0 Å². The summed E-state index contributed by atoms with van der Waals surface area (Å²) in [6.45, 7) is 2.26. The number of carbonyl (C=O) groups is 1. The van der Waals surface area contributed by atoms with Crippen molar-refractivity contribution in [1.82, 2.24) is 10.0 Å². The number of nitrogens with one attached hydrogen (secondary N) is 1. The van der Waals surface area contributed by atoms with Gasteiger partial charge in [0.2, 0.25) is 0 Å². The molecule has 0 unspecified atom stereocenters. The molecule has 1 aromatic heterocycles. The minimum atomic E-state index is -0.277. The molecule has 0 atom stereocenters. The highest BCUT2D eigenvalue weighted by atomic mass is 16.7. The van der Waals surface area contributed by atoms with Crippen molar-refractivity contribution in [2.75, 3.05) is 6.61 Å². The number of aromatic nitrogens is 1. The molecule has 0 fully saturated rings. The minimum absolute atomic E-state index is 0.277. The summed E-state index contributed by atoms with van der Waals surface area (Å²) in [5.41, 5.74) is 5.40. The van der Waals surface area contributed by atoms with Crippen molar-refractivity contribution in [2.45, 2.75) is 13.3 Å². The maximum absolute atomic E-state index is 12.4. The van der Waals surface area contributed by atoms with Crippen LogP contribution in [0, 0.1) is 0 Å². The number of rotatable bonds is 5. The van der Waals surface area contributed by atoms with Gasteiger partial charge in [0, 0.05) is 17.5 Å². The summed E-state index contributed by atoms with van der Waals surface area (Å²) in [6.07, 6.45) is 4.78. The van der Waals surface area contributed by atoms with Crippen LogP contribution in [0.15, 0.2) is 66.7 Å². The number of carbonyl (C=O) groups excluding carboxylic acids is 1. The topological polar surface area (TPSA) is 43.3 Å². The highest BCUT2D eigenvalue weighted by Crippen LogP contribution is 2.20. The molecule has 4 heteroatoms. The van der Waals surface area contributed by atoms with Gasteiger partial charge in [0.1, 0.15) is 0 Å². The summed E-state index contributed by atoms with van der Waals surface area (Å²) in [4.78, 5) is 17.5. The number of para-hydroxylation sites is 1. The fraction of sp³-hybridized carbons (Fsp3) is 0.150. The standard InChI is InChI=1S/C20H20N2O2/c1-2-24-21-20(23)22-18(15-17-12-6-7-14-19(17)22)13-8-11-16-9-4-3-5-10-16/h3-12,14-15H,2,13H2,1H3,(H,21,23)/b11-8+. The fourth-order valence-electron chi connectivity index (χ4n) is 2.66. The highest BCUT2D eigenvalue weighted by molar-refractivity contribution is 5.92. The van der Waals surface area contributed by atoms with Crippen LogP contribution in [-0.2, 0) is 11.3 Å². The summed E-state index contributed by atoms with van der Waals surface area (Å²) >= 11 is 0. The summed E-state index contributed by atoms with van der Waals surface area (Å²) in [7, 11) is 0. The Morgan fingerprint density at radius 2 is 1.88 bits per heavy atom. The molecule has 1 heterocycles. The maximum Gasteiger partial charge on any atom is 0.350 e. The van der Waals surface area contributed by atoms with Crippen molar-refractivity contribution in [3.8, 4) is 0 Å². The van der Waals surface area contributed by atoms with Gasteiger partial charge in [-0.15, -0.1) is 0 Å². The Kier molecular flexibility index (Phi) is 5.08. The Morgan fingerprint density at radius 3 is 2.67 bits per heavy atom. The molecular weight excluding hydrogens is 300 g/mol. The smallest absolute Gasteiger partial charge is 0.272 e. The molecule has 0 saturated carbocycles. The number of fused-ring (bicyclic) bond motifs is 1. The van der Waals surface area contributed by atoms with Gasteiger partial charge < -0.3 is 0 Å². The zero-order chi connectivity index (χ0) is 16.8. The van der Waals surface area contributed by atoms with Gasteiger partial charge in [0.25, 0.3) is 0 Å². The van der Waals surface area contributed by atoms with E-state index in [9.17, 15) is 4.79 Å². The number of allylic oxidation sites excluding steroid dienone is 1. The first-order valence-electron chi connectivity index (χ1n) is 8.02. The van der Waals surface area contributed by atoms with Crippen molar-refractivity contribution in [1.29, 1.82) is 0 Å². The number of benzene rings is 2. The third-order valence-electron chi connectivity index (χ3n) is 3.73. The second-order valence-corrected chi connectivity index (χ2v) is 5.39.